The Morgan fingerprint density at radius 3 is 2.85 bits per heavy atom. The number of anilines is 4. The second-order valence-electron chi connectivity index (χ2n) is 6.67. The van der Waals surface area contributed by atoms with E-state index in [1.807, 2.05) is 17.0 Å². The van der Waals surface area contributed by atoms with E-state index in [2.05, 4.69) is 33.3 Å². The number of carboxylic acids is 1. The van der Waals surface area contributed by atoms with Crippen molar-refractivity contribution in [3.63, 3.8) is 0 Å². The molecule has 0 saturated carbocycles. The Kier molecular flexibility index (Phi) is 4.53. The number of hydrogen-bond acceptors (Lipinski definition) is 8. The number of nitrogens with one attached hydrogen (secondary N) is 1. The molecule has 0 radical (unpaired) electrons. The Labute approximate surface area is 160 Å². The van der Waals surface area contributed by atoms with E-state index in [0.29, 0.717) is 43.3 Å². The predicted octanol–water partition coefficient (Wildman–Crippen LogP) is 3.02. The second kappa shape index (κ2) is 6.99. The number of rotatable bonds is 4. The van der Waals surface area contributed by atoms with Gasteiger partial charge >= 0.3 is 5.97 Å². The quantitative estimate of drug-likeness (QED) is 0.628. The van der Waals surface area contributed by atoms with Gasteiger partial charge in [-0.1, -0.05) is 17.4 Å². The molecule has 0 amide bonds. The van der Waals surface area contributed by atoms with Gasteiger partial charge in [-0.25, -0.2) is 15.0 Å². The molecule has 3 heterocycles. The minimum Gasteiger partial charge on any atom is -0.481 e. The van der Waals surface area contributed by atoms with Crippen LogP contribution in [0.1, 0.15) is 18.4 Å². The van der Waals surface area contributed by atoms with Crippen molar-refractivity contribution in [2.45, 2.75) is 19.8 Å². The average Bonchev–Trinajstić information content (AvgIpc) is 3.05. The molecule has 2 aromatic heterocycles. The van der Waals surface area contributed by atoms with Crippen LogP contribution in [0.5, 0.6) is 0 Å². The van der Waals surface area contributed by atoms with Crippen molar-refractivity contribution >= 4 is 50.0 Å². The van der Waals surface area contributed by atoms with Gasteiger partial charge in [0.05, 0.1) is 16.1 Å². The van der Waals surface area contributed by atoms with Gasteiger partial charge in [-0.3, -0.25) is 4.79 Å². The van der Waals surface area contributed by atoms with Crippen molar-refractivity contribution in [1.82, 2.24) is 15.0 Å². The van der Waals surface area contributed by atoms with Crippen LogP contribution >= 0.6 is 11.3 Å². The maximum Gasteiger partial charge on any atom is 0.306 e. The van der Waals surface area contributed by atoms with Crippen LogP contribution < -0.4 is 16.0 Å². The zero-order chi connectivity index (χ0) is 19.0. The lowest BCUT2D eigenvalue weighted by Crippen LogP contribution is -2.37. The first kappa shape index (κ1) is 17.5. The molecular formula is C18H20N6O2S. The van der Waals surface area contributed by atoms with Gasteiger partial charge in [0.2, 0.25) is 0 Å². The standard InChI is InChI=1S/C18H20N6O2S/c1-10-2-3-12-13(8-10)27-18(22-12)23-15-14(19)16(21-9-20-15)24-6-4-11(5-7-24)17(25)26/h2-3,8-9,11H,4-7,19H2,1H3,(H,25,26)(H,20,21,22,23). The van der Waals surface area contributed by atoms with Crippen LogP contribution in [0.15, 0.2) is 24.5 Å². The molecule has 1 aliphatic heterocycles. The monoisotopic (exact) mass is 384 g/mol. The number of nitrogens with two attached hydrogens (primary N) is 1. The molecule has 1 fully saturated rings. The van der Waals surface area contributed by atoms with Crippen LogP contribution in [0, 0.1) is 12.8 Å². The average molecular weight is 384 g/mol. The molecule has 0 bridgehead atoms. The van der Waals surface area contributed by atoms with Gasteiger partial charge in [0, 0.05) is 13.1 Å². The summed E-state index contributed by atoms with van der Waals surface area (Å²) in [6.07, 6.45) is 2.63. The Morgan fingerprint density at radius 2 is 2.11 bits per heavy atom. The van der Waals surface area contributed by atoms with E-state index in [4.69, 9.17) is 10.8 Å². The molecule has 1 aromatic carbocycles. The van der Waals surface area contributed by atoms with Gasteiger partial charge in [0.25, 0.3) is 0 Å². The van der Waals surface area contributed by atoms with Crippen molar-refractivity contribution < 1.29 is 9.90 Å². The lowest BCUT2D eigenvalue weighted by molar-refractivity contribution is -0.142. The number of benzene rings is 1. The molecule has 3 aromatic rings. The molecule has 0 spiro atoms. The number of nitrogen functional groups attached to an aromatic ring is 1. The van der Waals surface area contributed by atoms with E-state index >= 15 is 0 Å². The number of thiazole rings is 1. The minimum atomic E-state index is -0.737. The fourth-order valence-electron chi connectivity index (χ4n) is 3.26. The van der Waals surface area contributed by atoms with Gasteiger partial charge in [-0.05, 0) is 37.5 Å². The zero-order valence-electron chi connectivity index (χ0n) is 14.8. The fraction of sp³-hybridized carbons (Fsp3) is 0.333. The fourth-order valence-corrected chi connectivity index (χ4v) is 4.23. The van der Waals surface area contributed by atoms with Crippen molar-refractivity contribution in [2.75, 3.05) is 29.0 Å². The smallest absolute Gasteiger partial charge is 0.306 e. The van der Waals surface area contributed by atoms with E-state index in [1.54, 1.807) is 11.3 Å². The summed E-state index contributed by atoms with van der Waals surface area (Å²) in [6.45, 7) is 3.27. The highest BCUT2D eigenvalue weighted by atomic mass is 32.1. The minimum absolute atomic E-state index is 0.298. The van der Waals surface area contributed by atoms with Crippen molar-refractivity contribution in [3.05, 3.63) is 30.1 Å². The largest absolute Gasteiger partial charge is 0.481 e. The van der Waals surface area contributed by atoms with E-state index in [-0.39, 0.29) is 5.92 Å². The maximum absolute atomic E-state index is 11.1. The van der Waals surface area contributed by atoms with E-state index in [1.165, 1.54) is 11.9 Å². The molecule has 9 heteroatoms. The SMILES string of the molecule is Cc1ccc2nc(Nc3ncnc(N4CCC(C(=O)O)CC4)c3N)sc2c1. The van der Waals surface area contributed by atoms with E-state index < -0.39 is 5.97 Å². The third-order valence-electron chi connectivity index (χ3n) is 4.78. The van der Waals surface area contributed by atoms with Gasteiger partial charge in [0.15, 0.2) is 16.8 Å². The summed E-state index contributed by atoms with van der Waals surface area (Å²) in [4.78, 5) is 26.3. The Balaban J connectivity index is 1.55. The molecule has 1 saturated heterocycles. The van der Waals surface area contributed by atoms with Gasteiger partial charge in [-0.2, -0.15) is 0 Å². The summed E-state index contributed by atoms with van der Waals surface area (Å²) >= 11 is 1.54. The molecule has 0 atom stereocenters. The highest BCUT2D eigenvalue weighted by molar-refractivity contribution is 7.22. The normalized spacial score (nSPS) is 15.2. The summed E-state index contributed by atoms with van der Waals surface area (Å²) < 4.78 is 1.10. The number of carbonyl (C=O) groups is 1. The van der Waals surface area contributed by atoms with E-state index in [0.717, 1.165) is 15.3 Å². The zero-order valence-corrected chi connectivity index (χ0v) is 15.7. The highest BCUT2D eigenvalue weighted by Crippen LogP contribution is 2.33. The molecular weight excluding hydrogens is 364 g/mol. The summed E-state index contributed by atoms with van der Waals surface area (Å²) in [5.74, 6) is 0.108. The molecule has 4 rings (SSSR count). The number of aliphatic carboxylic acids is 1. The molecule has 0 aliphatic carbocycles. The molecule has 1 aliphatic rings. The van der Waals surface area contributed by atoms with Crippen LogP contribution in [-0.4, -0.2) is 39.1 Å². The molecule has 140 valence electrons. The van der Waals surface area contributed by atoms with Gasteiger partial charge in [0.1, 0.15) is 12.0 Å². The van der Waals surface area contributed by atoms with Crippen molar-refractivity contribution in [3.8, 4) is 0 Å². The number of piperidine rings is 1. The number of nitrogens with zero attached hydrogens (tertiary/aromatic N) is 4. The Morgan fingerprint density at radius 1 is 1.33 bits per heavy atom. The lowest BCUT2D eigenvalue weighted by Gasteiger charge is -2.31. The first-order valence-electron chi connectivity index (χ1n) is 8.73. The number of fused-ring (bicyclic) bond motifs is 1. The van der Waals surface area contributed by atoms with E-state index in [9.17, 15) is 4.79 Å². The Hall–Kier alpha value is -2.94. The topological polar surface area (TPSA) is 117 Å². The van der Waals surface area contributed by atoms with Crippen LogP contribution in [0.2, 0.25) is 0 Å². The second-order valence-corrected chi connectivity index (χ2v) is 7.70. The van der Waals surface area contributed by atoms with Crippen molar-refractivity contribution in [2.24, 2.45) is 5.92 Å². The van der Waals surface area contributed by atoms with Crippen LogP contribution in [0.25, 0.3) is 10.2 Å². The highest BCUT2D eigenvalue weighted by Gasteiger charge is 2.26. The van der Waals surface area contributed by atoms with Crippen LogP contribution in [-0.2, 0) is 4.79 Å². The number of hydrogen-bond donors (Lipinski definition) is 3. The van der Waals surface area contributed by atoms with Crippen LogP contribution in [0.3, 0.4) is 0 Å². The predicted molar refractivity (Wildman–Crippen MR) is 107 cm³/mol. The maximum atomic E-state index is 11.1. The van der Waals surface area contributed by atoms with Crippen molar-refractivity contribution in [1.29, 1.82) is 0 Å². The summed E-state index contributed by atoms with van der Waals surface area (Å²) in [6, 6.07) is 6.12. The van der Waals surface area contributed by atoms with Gasteiger partial charge in [-0.15, -0.1) is 0 Å². The summed E-state index contributed by atoms with van der Waals surface area (Å²) in [7, 11) is 0. The number of aromatic nitrogens is 3. The lowest BCUT2D eigenvalue weighted by atomic mass is 9.97. The van der Waals surface area contributed by atoms with Gasteiger partial charge < -0.3 is 21.1 Å². The molecule has 8 nitrogen and oxygen atoms in total. The first-order chi connectivity index (χ1) is 13.0. The summed E-state index contributed by atoms with van der Waals surface area (Å²) in [5, 5.41) is 13.1. The number of carboxylic acid groups (broad SMARTS) is 1. The molecule has 27 heavy (non-hydrogen) atoms. The molecule has 0 unspecified atom stereocenters. The number of aryl methyl sites for hydroxylation is 1. The summed E-state index contributed by atoms with van der Waals surface area (Å²) in [5.41, 5.74) is 8.87. The third-order valence-corrected chi connectivity index (χ3v) is 5.71. The third kappa shape index (κ3) is 3.50. The first-order valence-corrected chi connectivity index (χ1v) is 9.55. The molecule has 4 N–H and O–H groups in total. The van der Waals surface area contributed by atoms with Crippen LogP contribution in [0.4, 0.5) is 22.5 Å². The Bertz CT molecular complexity index is 997.